The molecular weight excluding hydrogens is 272 g/mol. The van der Waals surface area contributed by atoms with E-state index in [0.717, 1.165) is 32.4 Å². The van der Waals surface area contributed by atoms with Crippen molar-refractivity contribution in [3.8, 4) is 0 Å². The monoisotopic (exact) mass is 292 g/mol. The number of nitrogens with zero attached hydrogens (tertiary/aromatic N) is 6. The summed E-state index contributed by atoms with van der Waals surface area (Å²) < 4.78 is 1.56. The lowest BCUT2D eigenvalue weighted by molar-refractivity contribution is -0.137. The molecular formula is C13H20N6O2. The Bertz CT molecular complexity index is 503. The number of amides is 2. The second kappa shape index (κ2) is 6.19. The second-order valence-electron chi connectivity index (χ2n) is 5.65. The van der Waals surface area contributed by atoms with E-state index in [1.165, 1.54) is 6.33 Å². The van der Waals surface area contributed by atoms with Crippen LogP contribution in [0.3, 0.4) is 0 Å². The first-order valence-electron chi connectivity index (χ1n) is 7.52. The normalized spacial score (nSPS) is 22.9. The van der Waals surface area contributed by atoms with Crippen molar-refractivity contribution in [2.75, 3.05) is 19.6 Å². The maximum Gasteiger partial charge on any atom is 0.224 e. The van der Waals surface area contributed by atoms with Crippen LogP contribution in [0, 0.1) is 0 Å². The first-order valence-corrected chi connectivity index (χ1v) is 7.52. The van der Waals surface area contributed by atoms with Gasteiger partial charge in [0.15, 0.2) is 0 Å². The van der Waals surface area contributed by atoms with Gasteiger partial charge in [0.05, 0.1) is 6.54 Å². The highest BCUT2D eigenvalue weighted by Crippen LogP contribution is 2.21. The van der Waals surface area contributed by atoms with Crippen LogP contribution in [0.1, 0.15) is 32.1 Å². The van der Waals surface area contributed by atoms with Gasteiger partial charge in [-0.3, -0.25) is 9.59 Å². The molecule has 0 saturated carbocycles. The van der Waals surface area contributed by atoms with Gasteiger partial charge < -0.3 is 9.80 Å². The zero-order valence-electron chi connectivity index (χ0n) is 12.0. The summed E-state index contributed by atoms with van der Waals surface area (Å²) in [5.74, 6) is 0.352. The van der Waals surface area contributed by atoms with E-state index in [4.69, 9.17) is 0 Å². The van der Waals surface area contributed by atoms with Crippen molar-refractivity contribution in [2.45, 2.75) is 44.7 Å². The molecule has 1 aromatic heterocycles. The van der Waals surface area contributed by atoms with Crippen LogP contribution in [0.25, 0.3) is 0 Å². The van der Waals surface area contributed by atoms with Crippen LogP contribution < -0.4 is 0 Å². The van der Waals surface area contributed by atoms with Gasteiger partial charge in [-0.2, -0.15) is 0 Å². The highest BCUT2D eigenvalue weighted by molar-refractivity contribution is 5.79. The number of piperidine rings is 1. The van der Waals surface area contributed by atoms with Crippen LogP contribution in [-0.2, 0) is 16.1 Å². The fourth-order valence-electron chi connectivity index (χ4n) is 3.14. The Morgan fingerprint density at radius 2 is 2.24 bits per heavy atom. The molecule has 0 aromatic carbocycles. The highest BCUT2D eigenvalue weighted by Gasteiger charge is 2.32. The minimum Gasteiger partial charge on any atom is -0.341 e. The zero-order chi connectivity index (χ0) is 14.7. The first-order chi connectivity index (χ1) is 10.2. The van der Waals surface area contributed by atoms with Gasteiger partial charge >= 0.3 is 0 Å². The number of aryl methyl sites for hydroxylation is 1. The number of carbonyl (C=O) groups excluding carboxylic acids is 2. The average molecular weight is 292 g/mol. The third-order valence-electron chi connectivity index (χ3n) is 4.25. The van der Waals surface area contributed by atoms with E-state index >= 15 is 0 Å². The lowest BCUT2D eigenvalue weighted by atomic mass is 10.0. The van der Waals surface area contributed by atoms with Crippen molar-refractivity contribution in [1.82, 2.24) is 30.0 Å². The molecule has 2 saturated heterocycles. The van der Waals surface area contributed by atoms with Crippen LogP contribution >= 0.6 is 0 Å². The van der Waals surface area contributed by atoms with E-state index in [1.807, 2.05) is 9.80 Å². The Hall–Kier alpha value is -1.99. The van der Waals surface area contributed by atoms with Gasteiger partial charge in [-0.15, -0.1) is 5.10 Å². The Balaban J connectivity index is 1.52. The molecule has 8 nitrogen and oxygen atoms in total. The number of hydrogen-bond donors (Lipinski definition) is 0. The molecule has 3 heterocycles. The van der Waals surface area contributed by atoms with Gasteiger partial charge in [0, 0.05) is 38.5 Å². The van der Waals surface area contributed by atoms with E-state index in [2.05, 4.69) is 15.5 Å². The van der Waals surface area contributed by atoms with E-state index in [-0.39, 0.29) is 17.9 Å². The summed E-state index contributed by atoms with van der Waals surface area (Å²) in [5, 5.41) is 10.9. The van der Waals surface area contributed by atoms with E-state index in [9.17, 15) is 9.59 Å². The lowest BCUT2D eigenvalue weighted by Gasteiger charge is -2.37. The molecule has 2 amide bonds. The smallest absolute Gasteiger partial charge is 0.224 e. The van der Waals surface area contributed by atoms with Crippen molar-refractivity contribution >= 4 is 11.8 Å². The fourth-order valence-corrected chi connectivity index (χ4v) is 3.14. The first kappa shape index (κ1) is 14.0. The van der Waals surface area contributed by atoms with Crippen LogP contribution in [0.4, 0.5) is 0 Å². The van der Waals surface area contributed by atoms with Crippen molar-refractivity contribution in [3.63, 3.8) is 0 Å². The van der Waals surface area contributed by atoms with E-state index < -0.39 is 0 Å². The molecule has 2 aliphatic rings. The topological polar surface area (TPSA) is 84.2 Å². The molecule has 3 rings (SSSR count). The van der Waals surface area contributed by atoms with Crippen LogP contribution in [0.5, 0.6) is 0 Å². The summed E-state index contributed by atoms with van der Waals surface area (Å²) in [6.45, 7) is 2.79. The number of hydrogen-bond acceptors (Lipinski definition) is 5. The zero-order valence-corrected chi connectivity index (χ0v) is 12.0. The molecule has 0 aliphatic carbocycles. The van der Waals surface area contributed by atoms with Crippen LogP contribution in [0.2, 0.25) is 0 Å². The van der Waals surface area contributed by atoms with Crippen molar-refractivity contribution in [1.29, 1.82) is 0 Å². The SMILES string of the molecule is O=C(CCn1cnnn1)N1CCCC(N2CCCC2=O)C1. The summed E-state index contributed by atoms with van der Waals surface area (Å²) in [6.07, 6.45) is 5.47. The van der Waals surface area contributed by atoms with E-state index in [1.54, 1.807) is 4.68 Å². The second-order valence-corrected chi connectivity index (χ2v) is 5.65. The molecule has 2 fully saturated rings. The third-order valence-corrected chi connectivity index (χ3v) is 4.25. The van der Waals surface area contributed by atoms with Gasteiger partial charge in [-0.05, 0) is 29.7 Å². The van der Waals surface area contributed by atoms with Crippen molar-refractivity contribution in [3.05, 3.63) is 6.33 Å². The average Bonchev–Trinajstić information content (AvgIpc) is 3.16. The highest BCUT2D eigenvalue weighted by atomic mass is 16.2. The fraction of sp³-hybridized carbons (Fsp3) is 0.769. The predicted molar refractivity (Wildman–Crippen MR) is 73.0 cm³/mol. The maximum atomic E-state index is 12.3. The number of aromatic nitrogens is 4. The molecule has 1 aromatic rings. The summed E-state index contributed by atoms with van der Waals surface area (Å²) in [5.41, 5.74) is 0. The Morgan fingerprint density at radius 1 is 1.33 bits per heavy atom. The molecule has 1 atom stereocenters. The van der Waals surface area contributed by atoms with Gasteiger partial charge in [-0.1, -0.05) is 0 Å². The standard InChI is InChI=1S/C13H20N6O2/c20-12(5-8-18-10-14-15-16-18)17-6-1-3-11(9-17)19-7-2-4-13(19)21/h10-11H,1-9H2. The molecule has 1 unspecified atom stereocenters. The summed E-state index contributed by atoms with van der Waals surface area (Å²) >= 11 is 0. The Labute approximate surface area is 123 Å². The predicted octanol–water partition coefficient (Wildman–Crippen LogP) is -0.323. The minimum absolute atomic E-state index is 0.113. The molecule has 0 radical (unpaired) electrons. The summed E-state index contributed by atoms with van der Waals surface area (Å²) in [4.78, 5) is 27.9. The van der Waals surface area contributed by atoms with Gasteiger partial charge in [-0.25, -0.2) is 4.68 Å². The van der Waals surface area contributed by atoms with Crippen molar-refractivity contribution < 1.29 is 9.59 Å². The lowest BCUT2D eigenvalue weighted by Crippen LogP contribution is -2.50. The van der Waals surface area contributed by atoms with E-state index in [0.29, 0.717) is 25.9 Å². The molecule has 8 heteroatoms. The Kier molecular flexibility index (Phi) is 4.12. The molecule has 2 aliphatic heterocycles. The quantitative estimate of drug-likeness (QED) is 0.759. The minimum atomic E-state index is 0.113. The largest absolute Gasteiger partial charge is 0.341 e. The van der Waals surface area contributed by atoms with Gasteiger partial charge in [0.1, 0.15) is 6.33 Å². The van der Waals surface area contributed by atoms with Gasteiger partial charge in [0.2, 0.25) is 11.8 Å². The number of tetrazole rings is 1. The molecule has 0 bridgehead atoms. The molecule has 21 heavy (non-hydrogen) atoms. The summed E-state index contributed by atoms with van der Waals surface area (Å²) in [7, 11) is 0. The van der Waals surface area contributed by atoms with Gasteiger partial charge in [0.25, 0.3) is 0 Å². The summed E-state index contributed by atoms with van der Waals surface area (Å²) in [6, 6.07) is 0.200. The van der Waals surface area contributed by atoms with Crippen LogP contribution in [-0.4, -0.2) is 67.5 Å². The number of likely N-dealkylation sites (tertiary alicyclic amines) is 2. The van der Waals surface area contributed by atoms with Crippen LogP contribution in [0.15, 0.2) is 6.33 Å². The third kappa shape index (κ3) is 3.20. The molecule has 0 spiro atoms. The van der Waals surface area contributed by atoms with Crippen molar-refractivity contribution in [2.24, 2.45) is 0 Å². The molecule has 114 valence electrons. The molecule has 0 N–H and O–H groups in total. The Morgan fingerprint density at radius 3 is 2.95 bits per heavy atom. The number of carbonyl (C=O) groups is 2. The maximum absolute atomic E-state index is 12.3. The number of rotatable bonds is 4.